The number of esters is 3. The molecule has 0 saturated carbocycles. The maximum atomic E-state index is 12.8. The second-order valence-corrected chi connectivity index (χ2v) is 19.6. The van der Waals surface area contributed by atoms with Crippen molar-refractivity contribution in [2.45, 2.75) is 303 Å². The molecule has 68 heavy (non-hydrogen) atoms. The molecular weight excluding hydrogens is 841 g/mol. The third kappa shape index (κ3) is 54.1. The minimum Gasteiger partial charge on any atom is -0.462 e. The van der Waals surface area contributed by atoms with E-state index in [1.807, 2.05) is 0 Å². The predicted octanol–water partition coefficient (Wildman–Crippen LogP) is 19.6. The average molecular weight is 952 g/mol. The standard InChI is InChI=1S/C62H110O6/c1-4-7-10-13-16-19-21-23-25-27-29-31-33-35-37-39-41-43-46-49-52-55-61(64)67-58-59(57-66-60(63)54-51-48-45-18-15-12-9-6-3)68-62(65)56-53-50-47-44-42-40-38-36-34-32-30-28-26-24-22-20-17-14-11-8-5-2/h21-24,27-30,33,35,59H,4-20,25-26,31-32,34,36-58H2,1-3H3/b23-21-,24-22-,29-27-,30-28-,35-33-. The van der Waals surface area contributed by atoms with Gasteiger partial charge < -0.3 is 14.2 Å². The van der Waals surface area contributed by atoms with Gasteiger partial charge in [-0.05, 0) is 89.9 Å². The molecule has 0 amide bonds. The Morgan fingerprint density at radius 2 is 0.529 bits per heavy atom. The number of ether oxygens (including phenoxy) is 3. The number of hydrogen-bond donors (Lipinski definition) is 0. The van der Waals surface area contributed by atoms with Gasteiger partial charge in [-0.15, -0.1) is 0 Å². The first-order valence-electron chi connectivity index (χ1n) is 29.3. The Labute approximate surface area is 421 Å². The number of rotatable bonds is 53. The van der Waals surface area contributed by atoms with Crippen LogP contribution in [0.15, 0.2) is 60.8 Å². The maximum Gasteiger partial charge on any atom is 0.306 e. The quantitative estimate of drug-likeness (QED) is 0.0262. The Hall–Kier alpha value is -2.89. The molecule has 6 heteroatoms. The van der Waals surface area contributed by atoms with Crippen molar-refractivity contribution in [3.8, 4) is 0 Å². The SMILES string of the molecule is CCCCCCC/C=C\C/C=C\C/C=C\CCCCCCCCC(=O)OCC(COC(=O)CCCCCCCCCC)OC(=O)CCCCCCCCCCC/C=C\C/C=C\CCCCCCC. The molecule has 0 heterocycles. The van der Waals surface area contributed by atoms with E-state index in [9.17, 15) is 14.4 Å². The molecule has 0 N–H and O–H groups in total. The number of hydrogen-bond acceptors (Lipinski definition) is 6. The maximum absolute atomic E-state index is 12.8. The Kier molecular flexibility index (Phi) is 54.3. The van der Waals surface area contributed by atoms with Crippen molar-refractivity contribution in [2.75, 3.05) is 13.2 Å². The fourth-order valence-corrected chi connectivity index (χ4v) is 8.30. The van der Waals surface area contributed by atoms with E-state index in [1.54, 1.807) is 0 Å². The van der Waals surface area contributed by atoms with Crippen LogP contribution in [0.4, 0.5) is 0 Å². The minimum atomic E-state index is -0.779. The smallest absolute Gasteiger partial charge is 0.306 e. The second kappa shape index (κ2) is 56.7. The number of unbranched alkanes of at least 4 members (excludes halogenated alkanes) is 32. The summed E-state index contributed by atoms with van der Waals surface area (Å²) in [5.74, 6) is -0.890. The highest BCUT2D eigenvalue weighted by atomic mass is 16.6. The fourth-order valence-electron chi connectivity index (χ4n) is 8.30. The van der Waals surface area contributed by atoms with E-state index in [0.29, 0.717) is 19.3 Å². The summed E-state index contributed by atoms with van der Waals surface area (Å²) in [4.78, 5) is 38.0. The Bertz CT molecular complexity index is 1230. The van der Waals surface area contributed by atoms with Gasteiger partial charge in [0.05, 0.1) is 0 Å². The summed E-state index contributed by atoms with van der Waals surface area (Å²) in [6, 6.07) is 0. The molecule has 0 aromatic rings. The lowest BCUT2D eigenvalue weighted by molar-refractivity contribution is -0.167. The molecule has 0 aliphatic rings. The number of allylic oxidation sites excluding steroid dienone is 10. The van der Waals surface area contributed by atoms with Crippen molar-refractivity contribution in [1.29, 1.82) is 0 Å². The van der Waals surface area contributed by atoms with Crippen LogP contribution < -0.4 is 0 Å². The molecule has 0 spiro atoms. The van der Waals surface area contributed by atoms with Crippen molar-refractivity contribution in [1.82, 2.24) is 0 Å². The summed E-state index contributed by atoms with van der Waals surface area (Å²) >= 11 is 0. The first kappa shape index (κ1) is 65.1. The van der Waals surface area contributed by atoms with Gasteiger partial charge in [0.2, 0.25) is 0 Å². The van der Waals surface area contributed by atoms with Crippen LogP contribution in [0.1, 0.15) is 297 Å². The Morgan fingerprint density at radius 1 is 0.294 bits per heavy atom. The van der Waals surface area contributed by atoms with Crippen LogP contribution >= 0.6 is 0 Å². The highest BCUT2D eigenvalue weighted by molar-refractivity contribution is 5.71. The summed E-state index contributed by atoms with van der Waals surface area (Å²) in [7, 11) is 0. The molecule has 0 aromatic heterocycles. The zero-order valence-corrected chi connectivity index (χ0v) is 45.1. The third-order valence-corrected chi connectivity index (χ3v) is 12.7. The Balaban J connectivity index is 4.26. The van der Waals surface area contributed by atoms with Crippen LogP contribution in [0.2, 0.25) is 0 Å². The van der Waals surface area contributed by atoms with E-state index < -0.39 is 6.10 Å². The summed E-state index contributed by atoms with van der Waals surface area (Å²) < 4.78 is 16.8. The van der Waals surface area contributed by atoms with Crippen LogP contribution in [-0.2, 0) is 28.6 Å². The van der Waals surface area contributed by atoms with Gasteiger partial charge >= 0.3 is 17.9 Å². The monoisotopic (exact) mass is 951 g/mol. The van der Waals surface area contributed by atoms with Crippen molar-refractivity contribution in [3.63, 3.8) is 0 Å². The number of carbonyl (C=O) groups is 3. The zero-order chi connectivity index (χ0) is 49.3. The zero-order valence-electron chi connectivity index (χ0n) is 45.1. The molecule has 0 bridgehead atoms. The summed E-state index contributed by atoms with van der Waals surface area (Å²) in [6.07, 6.45) is 70.8. The van der Waals surface area contributed by atoms with Crippen LogP contribution in [0, 0.1) is 0 Å². The molecule has 0 radical (unpaired) electrons. The van der Waals surface area contributed by atoms with Gasteiger partial charge in [0.15, 0.2) is 6.10 Å². The first-order chi connectivity index (χ1) is 33.5. The first-order valence-corrected chi connectivity index (χ1v) is 29.3. The van der Waals surface area contributed by atoms with Gasteiger partial charge in [-0.1, -0.05) is 248 Å². The summed E-state index contributed by atoms with van der Waals surface area (Å²) in [5, 5.41) is 0. The molecule has 0 aliphatic heterocycles. The van der Waals surface area contributed by atoms with Gasteiger partial charge in [0.1, 0.15) is 13.2 Å². The number of carbonyl (C=O) groups excluding carboxylic acids is 3. The van der Waals surface area contributed by atoms with E-state index in [0.717, 1.165) is 83.5 Å². The summed E-state index contributed by atoms with van der Waals surface area (Å²) in [6.45, 7) is 6.60. The van der Waals surface area contributed by atoms with Crippen LogP contribution in [0.3, 0.4) is 0 Å². The van der Waals surface area contributed by atoms with Gasteiger partial charge in [-0.3, -0.25) is 14.4 Å². The highest BCUT2D eigenvalue weighted by Gasteiger charge is 2.19. The van der Waals surface area contributed by atoms with E-state index in [-0.39, 0.29) is 31.1 Å². The summed E-state index contributed by atoms with van der Waals surface area (Å²) in [5.41, 5.74) is 0. The van der Waals surface area contributed by atoms with Gasteiger partial charge in [-0.25, -0.2) is 0 Å². The lowest BCUT2D eigenvalue weighted by atomic mass is 10.1. The second-order valence-electron chi connectivity index (χ2n) is 19.6. The normalized spacial score (nSPS) is 12.5. The van der Waals surface area contributed by atoms with Gasteiger partial charge in [-0.2, -0.15) is 0 Å². The molecular formula is C62H110O6. The lowest BCUT2D eigenvalue weighted by Gasteiger charge is -2.18. The molecule has 1 atom stereocenters. The topological polar surface area (TPSA) is 78.9 Å². The average Bonchev–Trinajstić information content (AvgIpc) is 3.34. The molecule has 0 aliphatic carbocycles. The van der Waals surface area contributed by atoms with E-state index in [4.69, 9.17) is 14.2 Å². The minimum absolute atomic E-state index is 0.0787. The van der Waals surface area contributed by atoms with Gasteiger partial charge in [0, 0.05) is 19.3 Å². The molecule has 0 aromatic carbocycles. The van der Waals surface area contributed by atoms with Crippen LogP contribution in [0.5, 0.6) is 0 Å². The fraction of sp³-hybridized carbons (Fsp3) is 0.790. The molecule has 0 saturated heterocycles. The molecule has 394 valence electrons. The van der Waals surface area contributed by atoms with Crippen LogP contribution in [-0.4, -0.2) is 37.2 Å². The molecule has 0 rings (SSSR count). The van der Waals surface area contributed by atoms with E-state index in [2.05, 4.69) is 81.5 Å². The van der Waals surface area contributed by atoms with Crippen LogP contribution in [0.25, 0.3) is 0 Å². The molecule has 6 nitrogen and oxygen atoms in total. The van der Waals surface area contributed by atoms with E-state index in [1.165, 1.54) is 173 Å². The largest absolute Gasteiger partial charge is 0.462 e. The molecule has 1 unspecified atom stereocenters. The van der Waals surface area contributed by atoms with Gasteiger partial charge in [0.25, 0.3) is 0 Å². The van der Waals surface area contributed by atoms with Crippen molar-refractivity contribution >= 4 is 17.9 Å². The van der Waals surface area contributed by atoms with Crippen molar-refractivity contribution in [3.05, 3.63) is 60.8 Å². The third-order valence-electron chi connectivity index (χ3n) is 12.7. The Morgan fingerprint density at radius 3 is 0.824 bits per heavy atom. The molecule has 0 fully saturated rings. The van der Waals surface area contributed by atoms with Crippen molar-refractivity contribution in [2.24, 2.45) is 0 Å². The highest BCUT2D eigenvalue weighted by Crippen LogP contribution is 2.15. The predicted molar refractivity (Wildman–Crippen MR) is 293 cm³/mol. The lowest BCUT2D eigenvalue weighted by Crippen LogP contribution is -2.30. The van der Waals surface area contributed by atoms with E-state index >= 15 is 0 Å². The van der Waals surface area contributed by atoms with Crippen molar-refractivity contribution < 1.29 is 28.6 Å².